The number of hydrogen-bond acceptors (Lipinski definition) is 4. The predicted molar refractivity (Wildman–Crippen MR) is 71.9 cm³/mol. The first-order chi connectivity index (χ1) is 9.29. The summed E-state index contributed by atoms with van der Waals surface area (Å²) in [6.07, 6.45) is 1.64. The normalized spacial score (nSPS) is 25.7. The van der Waals surface area contributed by atoms with Crippen molar-refractivity contribution in [3.63, 3.8) is 0 Å². The van der Waals surface area contributed by atoms with Gasteiger partial charge < -0.3 is 4.90 Å². The number of fused-ring (bicyclic) bond motifs is 4. The molecular formula is C14H13NO3S. The highest BCUT2D eigenvalue weighted by Crippen LogP contribution is 2.45. The van der Waals surface area contributed by atoms with Crippen molar-refractivity contribution in [1.82, 2.24) is 4.90 Å². The molecule has 98 valence electrons. The average Bonchev–Trinajstić information content (AvgIpc) is 2.98. The first-order valence-electron chi connectivity index (χ1n) is 6.41. The average molecular weight is 275 g/mol. The van der Waals surface area contributed by atoms with Gasteiger partial charge in [0.05, 0.1) is 0 Å². The van der Waals surface area contributed by atoms with Gasteiger partial charge in [-0.2, -0.15) is 0 Å². The predicted octanol–water partition coefficient (Wildman–Crippen LogP) is 2.94. The molecule has 5 heteroatoms. The summed E-state index contributed by atoms with van der Waals surface area (Å²) >= 11 is 1.74. The highest BCUT2D eigenvalue weighted by Gasteiger charge is 2.44. The van der Waals surface area contributed by atoms with Crippen LogP contribution in [0.2, 0.25) is 0 Å². The number of carbonyl (C=O) groups excluding carboxylic acids is 1. The third-order valence-electron chi connectivity index (χ3n) is 4.10. The van der Waals surface area contributed by atoms with Gasteiger partial charge in [-0.25, -0.2) is 10.1 Å². The Labute approximate surface area is 114 Å². The summed E-state index contributed by atoms with van der Waals surface area (Å²) in [5.41, 5.74) is 0.967. The zero-order valence-corrected chi connectivity index (χ0v) is 11.0. The van der Waals surface area contributed by atoms with E-state index in [9.17, 15) is 10.1 Å². The molecular weight excluding hydrogens is 262 g/mol. The van der Waals surface area contributed by atoms with Gasteiger partial charge >= 0.3 is 0 Å². The zero-order valence-electron chi connectivity index (χ0n) is 10.2. The maximum atomic E-state index is 12.0. The van der Waals surface area contributed by atoms with Crippen molar-refractivity contribution in [2.45, 2.75) is 31.5 Å². The van der Waals surface area contributed by atoms with Crippen LogP contribution in [-0.2, 0) is 16.1 Å². The van der Waals surface area contributed by atoms with Crippen LogP contribution in [0.4, 0.5) is 0 Å². The third kappa shape index (κ3) is 1.49. The van der Waals surface area contributed by atoms with Crippen LogP contribution >= 0.6 is 11.3 Å². The number of thiophene rings is 1. The Kier molecular flexibility index (Phi) is 2.42. The molecule has 0 spiro atoms. The van der Waals surface area contributed by atoms with Crippen molar-refractivity contribution in [3.05, 3.63) is 34.7 Å². The maximum absolute atomic E-state index is 12.0. The molecule has 0 aliphatic carbocycles. The number of hydrogen-bond donors (Lipinski definition) is 1. The monoisotopic (exact) mass is 275 g/mol. The van der Waals surface area contributed by atoms with Crippen LogP contribution in [0.25, 0.3) is 10.1 Å². The maximum Gasteiger partial charge on any atom is 0.225 e. The van der Waals surface area contributed by atoms with Crippen LogP contribution in [0.15, 0.2) is 24.3 Å². The molecule has 0 radical (unpaired) electrons. The highest BCUT2D eigenvalue weighted by molar-refractivity contribution is 7.19. The molecule has 1 amide bonds. The van der Waals surface area contributed by atoms with E-state index in [-0.39, 0.29) is 11.9 Å². The van der Waals surface area contributed by atoms with E-state index in [4.69, 9.17) is 0 Å². The summed E-state index contributed by atoms with van der Waals surface area (Å²) in [4.78, 5) is 19.6. The number of amides is 1. The molecule has 1 N–H and O–H groups in total. The Morgan fingerprint density at radius 3 is 3.05 bits per heavy atom. The molecule has 0 bridgehead atoms. The molecule has 4 rings (SSSR count). The van der Waals surface area contributed by atoms with Crippen molar-refractivity contribution in [3.8, 4) is 0 Å². The Bertz CT molecular complexity index is 666. The zero-order chi connectivity index (χ0) is 13.0. The van der Waals surface area contributed by atoms with E-state index in [0.29, 0.717) is 6.42 Å². The van der Waals surface area contributed by atoms with Gasteiger partial charge in [0.25, 0.3) is 0 Å². The van der Waals surface area contributed by atoms with Gasteiger partial charge in [0.2, 0.25) is 5.91 Å². The van der Waals surface area contributed by atoms with Gasteiger partial charge in [-0.05, 0) is 12.5 Å². The minimum absolute atomic E-state index is 0.0741. The third-order valence-corrected chi connectivity index (χ3v) is 5.31. The van der Waals surface area contributed by atoms with Gasteiger partial charge in [0, 0.05) is 39.4 Å². The summed E-state index contributed by atoms with van der Waals surface area (Å²) in [6.45, 7) is 0. The molecule has 4 nitrogen and oxygen atoms in total. The summed E-state index contributed by atoms with van der Waals surface area (Å²) in [6, 6.07) is 8.25. The second kappa shape index (κ2) is 4.03. The van der Waals surface area contributed by atoms with E-state index < -0.39 is 6.23 Å². The van der Waals surface area contributed by atoms with Gasteiger partial charge in [0.15, 0.2) is 6.23 Å². The van der Waals surface area contributed by atoms with Gasteiger partial charge in [-0.3, -0.25) is 4.79 Å². The van der Waals surface area contributed by atoms with Crippen molar-refractivity contribution >= 4 is 27.3 Å². The van der Waals surface area contributed by atoms with Crippen LogP contribution in [0.1, 0.15) is 29.5 Å². The quantitative estimate of drug-likeness (QED) is 0.643. The van der Waals surface area contributed by atoms with Crippen LogP contribution in [0.5, 0.6) is 0 Å². The smallest absolute Gasteiger partial charge is 0.225 e. The number of nitrogens with zero attached hydrogens (tertiary/aromatic N) is 1. The molecule has 1 fully saturated rings. The van der Waals surface area contributed by atoms with Crippen LogP contribution < -0.4 is 0 Å². The molecule has 19 heavy (non-hydrogen) atoms. The first kappa shape index (κ1) is 11.4. The second-order valence-corrected chi connectivity index (χ2v) is 6.23. The number of rotatable bonds is 1. The van der Waals surface area contributed by atoms with Crippen molar-refractivity contribution in [2.24, 2.45) is 0 Å². The van der Waals surface area contributed by atoms with E-state index in [0.717, 1.165) is 23.8 Å². The minimum Gasteiger partial charge on any atom is -0.307 e. The lowest BCUT2D eigenvalue weighted by atomic mass is 9.98. The van der Waals surface area contributed by atoms with E-state index >= 15 is 0 Å². The lowest BCUT2D eigenvalue weighted by Crippen LogP contribution is -2.42. The number of benzene rings is 1. The fraction of sp³-hybridized carbons (Fsp3) is 0.357. The van der Waals surface area contributed by atoms with E-state index in [1.165, 1.54) is 9.58 Å². The fourth-order valence-electron chi connectivity index (χ4n) is 3.28. The molecule has 2 aromatic rings. The molecule has 1 saturated heterocycles. The van der Waals surface area contributed by atoms with Gasteiger partial charge in [-0.15, -0.1) is 11.3 Å². The summed E-state index contributed by atoms with van der Waals surface area (Å²) in [5.74, 6) is 0.0741. The largest absolute Gasteiger partial charge is 0.307 e. The summed E-state index contributed by atoms with van der Waals surface area (Å²) in [7, 11) is 0. The van der Waals surface area contributed by atoms with Crippen LogP contribution in [0.3, 0.4) is 0 Å². The van der Waals surface area contributed by atoms with Gasteiger partial charge in [-0.1, -0.05) is 18.2 Å². The molecule has 1 aromatic carbocycles. The van der Waals surface area contributed by atoms with Crippen molar-refractivity contribution < 1.29 is 14.9 Å². The second-order valence-electron chi connectivity index (χ2n) is 5.09. The molecule has 1 aromatic heterocycles. The molecule has 2 aliphatic rings. The lowest BCUT2D eigenvalue weighted by molar-refractivity contribution is -0.316. The number of carbonyl (C=O) groups is 1. The highest BCUT2D eigenvalue weighted by atomic mass is 32.1. The van der Waals surface area contributed by atoms with Crippen molar-refractivity contribution in [1.29, 1.82) is 0 Å². The lowest BCUT2D eigenvalue weighted by Gasteiger charge is -2.35. The van der Waals surface area contributed by atoms with Gasteiger partial charge in [0.1, 0.15) is 0 Å². The Morgan fingerprint density at radius 1 is 1.37 bits per heavy atom. The standard InChI is InChI=1S/C14H13NO3S/c16-12-6-5-8-7-11-13(14(18-17)15(8)12)9-3-1-2-4-10(9)19-11/h1-4,8,14,17H,5-7H2/t8-,14-/m0/s1. The minimum atomic E-state index is -0.639. The van der Waals surface area contributed by atoms with Crippen LogP contribution in [-0.4, -0.2) is 22.1 Å². The molecule has 3 heterocycles. The summed E-state index contributed by atoms with van der Waals surface area (Å²) in [5, 5.41) is 10.4. The fourth-order valence-corrected chi connectivity index (χ4v) is 4.58. The topological polar surface area (TPSA) is 49.8 Å². The molecule has 2 atom stereocenters. The molecule has 0 unspecified atom stereocenters. The Balaban J connectivity index is 1.94. The van der Waals surface area contributed by atoms with E-state index in [1.54, 1.807) is 16.2 Å². The summed E-state index contributed by atoms with van der Waals surface area (Å²) < 4.78 is 1.18. The SMILES string of the molecule is O=C1CC[C@H]2Cc3sc4ccccc4c3[C@H](OO)N12. The van der Waals surface area contributed by atoms with E-state index in [2.05, 4.69) is 11.0 Å². The van der Waals surface area contributed by atoms with Crippen molar-refractivity contribution in [2.75, 3.05) is 0 Å². The van der Waals surface area contributed by atoms with E-state index in [1.807, 2.05) is 18.2 Å². The molecule has 2 aliphatic heterocycles. The first-order valence-corrected chi connectivity index (χ1v) is 7.23. The Morgan fingerprint density at radius 2 is 2.21 bits per heavy atom. The molecule has 0 saturated carbocycles. The Hall–Kier alpha value is -1.43. The van der Waals surface area contributed by atoms with Crippen LogP contribution in [0, 0.1) is 0 Å².